The molecule has 19 atom stereocenters. The molecule has 5 aliphatic carbocycles. The molecular weight excluding hydrogens is 784 g/mol. The molecule has 2 aliphatic heterocycles. The summed E-state index contributed by atoms with van der Waals surface area (Å²) >= 11 is 0. The third kappa shape index (κ3) is 6.81. The van der Waals surface area contributed by atoms with Crippen molar-refractivity contribution in [2.24, 2.45) is 56.2 Å². The molecular formula is C44H66O16. The molecule has 6 fully saturated rings. The first-order valence-corrected chi connectivity index (χ1v) is 21.7. The van der Waals surface area contributed by atoms with Gasteiger partial charge in [-0.25, -0.2) is 9.59 Å². The lowest BCUT2D eigenvalue weighted by Gasteiger charge is -2.70. The topological polar surface area (TPSA) is 267 Å². The van der Waals surface area contributed by atoms with Crippen molar-refractivity contribution in [3.63, 3.8) is 0 Å². The summed E-state index contributed by atoms with van der Waals surface area (Å²) in [6.07, 6.45) is -7.70. The molecule has 8 N–H and O–H groups in total. The van der Waals surface area contributed by atoms with Crippen LogP contribution in [0.4, 0.5) is 0 Å². The van der Waals surface area contributed by atoms with Crippen LogP contribution in [0.3, 0.4) is 0 Å². The zero-order valence-electron chi connectivity index (χ0n) is 35.8. The van der Waals surface area contributed by atoms with Crippen LogP contribution in [0.15, 0.2) is 11.6 Å². The zero-order valence-corrected chi connectivity index (χ0v) is 35.8. The molecule has 9 unspecified atom stereocenters. The van der Waals surface area contributed by atoms with Crippen molar-refractivity contribution in [3.05, 3.63) is 11.6 Å². The lowest BCUT2D eigenvalue weighted by molar-refractivity contribution is -0.318. The fourth-order valence-corrected chi connectivity index (χ4v) is 13.8. The van der Waals surface area contributed by atoms with Crippen LogP contribution >= 0.6 is 0 Å². The SMILES string of the molecule is CC1(C)C(OC2OC(C(=O)O)C(O)[C@@H](O)C2COCC2OC(C(=O)O)C(O)[C@@H](O)C2O)CC[C@]2(C)[C@H]3C(=O)C=C4[C@@H]5C[C@@](C)(C(=O)O)CC[C@]5(C)CC[C@@]4(C)[C@]3(C)CC[C@@H]12. The predicted octanol–water partition coefficient (Wildman–Crippen LogP) is 2.54. The summed E-state index contributed by atoms with van der Waals surface area (Å²) < 4.78 is 23.6. The number of fused-ring (bicyclic) bond motifs is 7. The first kappa shape index (κ1) is 45.5. The van der Waals surface area contributed by atoms with Gasteiger partial charge < -0.3 is 59.8 Å². The number of hydrogen-bond donors (Lipinski definition) is 8. The molecule has 4 saturated carbocycles. The van der Waals surface area contributed by atoms with E-state index in [1.165, 1.54) is 0 Å². The van der Waals surface area contributed by atoms with Gasteiger partial charge in [-0.3, -0.25) is 9.59 Å². The van der Waals surface area contributed by atoms with Gasteiger partial charge in [0.05, 0.1) is 36.8 Å². The maximum absolute atomic E-state index is 14.9. The number of aliphatic hydroxyl groups excluding tert-OH is 5. The fraction of sp³-hybridized carbons (Fsp3) is 0.864. The van der Waals surface area contributed by atoms with E-state index in [4.69, 9.17) is 18.9 Å². The molecule has 16 nitrogen and oxygen atoms in total. The van der Waals surface area contributed by atoms with Crippen molar-refractivity contribution < 1.29 is 79.0 Å². The highest BCUT2D eigenvalue weighted by Crippen LogP contribution is 2.75. The lowest BCUT2D eigenvalue weighted by Crippen LogP contribution is -2.67. The van der Waals surface area contributed by atoms with Gasteiger partial charge >= 0.3 is 17.9 Å². The van der Waals surface area contributed by atoms with Gasteiger partial charge in [-0.15, -0.1) is 0 Å². The van der Waals surface area contributed by atoms with E-state index in [1.807, 2.05) is 13.0 Å². The van der Waals surface area contributed by atoms with E-state index in [0.29, 0.717) is 25.7 Å². The van der Waals surface area contributed by atoms with Crippen molar-refractivity contribution in [3.8, 4) is 0 Å². The quantitative estimate of drug-likeness (QED) is 0.155. The Labute approximate surface area is 350 Å². The third-order valence-electron chi connectivity index (χ3n) is 17.8. The van der Waals surface area contributed by atoms with E-state index < -0.39 is 115 Å². The third-order valence-corrected chi connectivity index (χ3v) is 17.8. The maximum atomic E-state index is 14.9. The van der Waals surface area contributed by atoms with E-state index >= 15 is 0 Å². The van der Waals surface area contributed by atoms with Gasteiger partial charge in [0.1, 0.15) is 30.5 Å². The molecule has 0 amide bonds. The number of carboxylic acids is 3. The predicted molar refractivity (Wildman–Crippen MR) is 209 cm³/mol. The largest absolute Gasteiger partial charge is 0.481 e. The number of rotatable bonds is 9. The van der Waals surface area contributed by atoms with Crippen LogP contribution in [0.1, 0.15) is 106 Å². The number of carbonyl (C=O) groups is 4. The molecule has 60 heavy (non-hydrogen) atoms. The second-order valence-electron chi connectivity index (χ2n) is 21.4. The Kier molecular flexibility index (Phi) is 11.6. The van der Waals surface area contributed by atoms with Crippen molar-refractivity contribution in [2.75, 3.05) is 13.2 Å². The molecule has 0 aromatic rings. The fourth-order valence-electron chi connectivity index (χ4n) is 13.8. The number of carboxylic acid groups (broad SMARTS) is 3. The minimum Gasteiger partial charge on any atom is -0.481 e. The molecule has 0 bridgehead atoms. The summed E-state index contributed by atoms with van der Waals surface area (Å²) in [5, 5.41) is 82.5. The average Bonchev–Trinajstić information content (AvgIpc) is 3.16. The average molecular weight is 851 g/mol. The molecule has 2 heterocycles. The van der Waals surface area contributed by atoms with E-state index in [1.54, 1.807) is 0 Å². The Hall–Kier alpha value is -2.54. The number of aliphatic carboxylic acids is 3. The highest BCUT2D eigenvalue weighted by Gasteiger charge is 2.71. The molecule has 16 heteroatoms. The van der Waals surface area contributed by atoms with Gasteiger partial charge in [0.15, 0.2) is 24.3 Å². The lowest BCUT2D eigenvalue weighted by atomic mass is 9.33. The maximum Gasteiger partial charge on any atom is 0.335 e. The smallest absolute Gasteiger partial charge is 0.335 e. The molecule has 2 saturated heterocycles. The number of ketones is 1. The Morgan fingerprint density at radius 2 is 1.35 bits per heavy atom. The van der Waals surface area contributed by atoms with Gasteiger partial charge in [0.2, 0.25) is 0 Å². The summed E-state index contributed by atoms with van der Waals surface area (Å²) in [6.45, 7) is 14.2. The normalized spacial score (nSPS) is 51.2. The highest BCUT2D eigenvalue weighted by atomic mass is 16.7. The highest BCUT2D eigenvalue weighted by molar-refractivity contribution is 5.95. The van der Waals surface area contributed by atoms with Crippen LogP contribution in [-0.2, 0) is 38.1 Å². The van der Waals surface area contributed by atoms with Gasteiger partial charge in [0.25, 0.3) is 0 Å². The molecule has 7 rings (SSSR count). The minimum atomic E-state index is -1.90. The molecule has 0 radical (unpaired) electrons. The second-order valence-corrected chi connectivity index (χ2v) is 21.4. The Morgan fingerprint density at radius 1 is 0.733 bits per heavy atom. The van der Waals surface area contributed by atoms with Crippen LogP contribution in [0.25, 0.3) is 0 Å². The molecule has 7 aliphatic rings. The first-order chi connectivity index (χ1) is 27.8. The number of allylic oxidation sites excluding steroid dienone is 2. The summed E-state index contributed by atoms with van der Waals surface area (Å²) in [4.78, 5) is 51.2. The number of carbonyl (C=O) groups excluding carboxylic acids is 1. The van der Waals surface area contributed by atoms with Crippen LogP contribution in [-0.4, -0.2) is 139 Å². The summed E-state index contributed by atoms with van der Waals surface area (Å²) in [7, 11) is 0. The standard InChI is InChI=1S/C44H66O16/c1-39(2)25-8-11-44(7)34(23(45)16-21-22-17-41(4,38(55)56)13-12-40(22,3)14-15-43(21,44)6)42(25,5)10-9-26(39)59-37-20(27(46)30(49)33(60-37)36(53)54)18-57-19-24-28(47)29(48)31(50)32(58-24)35(51)52/h16,20,22,24-34,37,46-50H,8-15,17-19H2,1-7H3,(H,51,52)(H,53,54)(H,55,56)/t20?,22-,24?,25-,26?,27-,28?,29-,30?,31?,32?,33?,34+,37?,40+,41-,42-,43+,44+/m0/s1. The summed E-state index contributed by atoms with van der Waals surface area (Å²) in [5.41, 5.74) is -1.56. The van der Waals surface area contributed by atoms with Crippen LogP contribution in [0, 0.1) is 56.2 Å². The molecule has 0 spiro atoms. The molecule has 338 valence electrons. The van der Waals surface area contributed by atoms with Crippen molar-refractivity contribution in [1.29, 1.82) is 0 Å². The van der Waals surface area contributed by atoms with Gasteiger partial charge in [-0.1, -0.05) is 47.1 Å². The minimum absolute atomic E-state index is 0.00346. The number of aliphatic hydroxyl groups is 5. The van der Waals surface area contributed by atoms with Crippen LogP contribution in [0.2, 0.25) is 0 Å². The van der Waals surface area contributed by atoms with E-state index in [-0.39, 0.29) is 39.8 Å². The van der Waals surface area contributed by atoms with Crippen molar-refractivity contribution >= 4 is 23.7 Å². The zero-order chi connectivity index (χ0) is 44.3. The Bertz CT molecular complexity index is 1770. The van der Waals surface area contributed by atoms with Gasteiger partial charge in [-0.05, 0) is 110 Å². The van der Waals surface area contributed by atoms with Gasteiger partial charge in [-0.2, -0.15) is 0 Å². The molecule has 0 aromatic carbocycles. The number of hydrogen-bond acceptors (Lipinski definition) is 13. The first-order valence-electron chi connectivity index (χ1n) is 21.7. The molecule has 0 aromatic heterocycles. The van der Waals surface area contributed by atoms with E-state index in [9.17, 15) is 60.0 Å². The Morgan fingerprint density at radius 3 is 1.98 bits per heavy atom. The monoisotopic (exact) mass is 850 g/mol. The summed E-state index contributed by atoms with van der Waals surface area (Å²) in [5.74, 6) is -5.27. The Balaban J connectivity index is 1.12. The van der Waals surface area contributed by atoms with Crippen LogP contribution in [0.5, 0.6) is 0 Å². The van der Waals surface area contributed by atoms with Crippen molar-refractivity contribution in [1.82, 2.24) is 0 Å². The van der Waals surface area contributed by atoms with Crippen molar-refractivity contribution in [2.45, 2.75) is 167 Å². The van der Waals surface area contributed by atoms with E-state index in [0.717, 1.165) is 37.7 Å². The second kappa shape index (κ2) is 15.3. The summed E-state index contributed by atoms with van der Waals surface area (Å²) in [6, 6.07) is 0. The van der Waals surface area contributed by atoms with E-state index in [2.05, 4.69) is 41.5 Å². The van der Waals surface area contributed by atoms with Gasteiger partial charge in [0, 0.05) is 5.92 Å². The number of ether oxygens (including phenoxy) is 4. The van der Waals surface area contributed by atoms with Crippen LogP contribution < -0.4 is 0 Å².